The highest BCUT2D eigenvalue weighted by molar-refractivity contribution is 5.66. The van der Waals surface area contributed by atoms with Crippen LogP contribution < -0.4 is 10.6 Å². The van der Waals surface area contributed by atoms with Crippen LogP contribution in [0.5, 0.6) is 0 Å². The van der Waals surface area contributed by atoms with Crippen molar-refractivity contribution < 1.29 is 9.84 Å². The highest BCUT2D eigenvalue weighted by atomic mass is 16.5. The summed E-state index contributed by atoms with van der Waals surface area (Å²) in [6.45, 7) is 6.75. The normalized spacial score (nSPS) is 13.1. The molecule has 0 aliphatic carbocycles. The van der Waals surface area contributed by atoms with E-state index in [-0.39, 0.29) is 6.04 Å². The molecule has 0 aliphatic rings. The lowest BCUT2D eigenvalue weighted by Gasteiger charge is -2.24. The van der Waals surface area contributed by atoms with Crippen molar-refractivity contribution in [2.45, 2.75) is 32.9 Å². The van der Waals surface area contributed by atoms with Crippen molar-refractivity contribution in [1.29, 1.82) is 0 Å². The third-order valence-electron chi connectivity index (χ3n) is 2.80. The van der Waals surface area contributed by atoms with Crippen molar-refractivity contribution in [2.75, 3.05) is 37.9 Å². The Hall–Kier alpha value is -1.27. The average molecular weight is 256 g/mol. The van der Waals surface area contributed by atoms with Crippen molar-refractivity contribution in [3.63, 3.8) is 0 Å². The van der Waals surface area contributed by atoms with E-state index in [1.165, 1.54) is 0 Å². The van der Waals surface area contributed by atoms with Gasteiger partial charge in [0.25, 0.3) is 0 Å². The van der Waals surface area contributed by atoms with Crippen molar-refractivity contribution in [2.24, 2.45) is 0 Å². The Morgan fingerprint density at radius 3 is 2.61 bits per heavy atom. The lowest BCUT2D eigenvalue weighted by molar-refractivity contribution is 0.0693. The molecule has 0 aliphatic heterocycles. The maximum absolute atomic E-state index is 9.77. The fourth-order valence-corrected chi connectivity index (χ4v) is 1.94. The summed E-state index contributed by atoms with van der Waals surface area (Å²) in [5.41, 5.74) is 7.53. The molecule has 104 valence electrons. The van der Waals surface area contributed by atoms with Crippen LogP contribution in [0.1, 0.15) is 25.6 Å². The number of nitrogens with two attached hydrogens (primary N) is 1. The minimum atomic E-state index is -0.546. The minimum Gasteiger partial charge on any atom is -0.394 e. The summed E-state index contributed by atoms with van der Waals surface area (Å²) in [5, 5.41) is 14.2. The second-order valence-electron chi connectivity index (χ2n) is 4.85. The minimum absolute atomic E-state index is 0.220. The fraction of sp³-hybridized carbons (Fsp3) is 0.750. The van der Waals surface area contributed by atoms with E-state index in [9.17, 15) is 5.11 Å². The number of nitrogens with zero attached hydrogens (tertiary/aromatic N) is 3. The van der Waals surface area contributed by atoms with Crippen molar-refractivity contribution in [3.05, 3.63) is 5.69 Å². The first-order valence-corrected chi connectivity index (χ1v) is 6.11. The van der Waals surface area contributed by atoms with Crippen LogP contribution in [0.25, 0.3) is 0 Å². The first-order valence-electron chi connectivity index (χ1n) is 6.11. The topological polar surface area (TPSA) is 76.5 Å². The summed E-state index contributed by atoms with van der Waals surface area (Å²) >= 11 is 0. The molecule has 1 aromatic heterocycles. The van der Waals surface area contributed by atoms with Gasteiger partial charge in [-0.15, -0.1) is 0 Å². The van der Waals surface area contributed by atoms with Crippen LogP contribution in [-0.2, 0) is 4.74 Å². The van der Waals surface area contributed by atoms with Crippen molar-refractivity contribution in [1.82, 2.24) is 9.78 Å². The highest BCUT2D eigenvalue weighted by Gasteiger charge is 2.20. The number of hydrogen-bond donors (Lipinski definition) is 2. The smallest absolute Gasteiger partial charge is 0.150 e. The largest absolute Gasteiger partial charge is 0.394 e. The van der Waals surface area contributed by atoms with Gasteiger partial charge in [-0.25, -0.2) is 4.68 Å². The summed E-state index contributed by atoms with van der Waals surface area (Å²) in [7, 11) is 3.46. The monoisotopic (exact) mass is 256 g/mol. The molecule has 6 nitrogen and oxygen atoms in total. The quantitative estimate of drug-likeness (QED) is 0.787. The van der Waals surface area contributed by atoms with E-state index in [4.69, 9.17) is 10.5 Å². The van der Waals surface area contributed by atoms with Gasteiger partial charge in [-0.2, -0.15) is 5.10 Å². The predicted octanol–water partition coefficient (Wildman–Crippen LogP) is 0.798. The zero-order valence-electron chi connectivity index (χ0n) is 11.8. The van der Waals surface area contributed by atoms with E-state index in [1.807, 2.05) is 23.6 Å². The van der Waals surface area contributed by atoms with Gasteiger partial charge in [0.1, 0.15) is 0 Å². The Kier molecular flexibility index (Phi) is 4.98. The van der Waals surface area contributed by atoms with Gasteiger partial charge in [-0.3, -0.25) is 0 Å². The SMILES string of the molecule is COCC(O)CN(C)c1c(N)c(C)nn1C(C)C. The Bertz CT molecular complexity index is 390. The molecule has 0 aromatic carbocycles. The summed E-state index contributed by atoms with van der Waals surface area (Å²) in [6, 6.07) is 0.220. The van der Waals surface area contributed by atoms with Crippen LogP contribution in [0.2, 0.25) is 0 Å². The number of rotatable bonds is 6. The van der Waals surface area contributed by atoms with Crippen LogP contribution >= 0.6 is 0 Å². The van der Waals surface area contributed by atoms with Gasteiger partial charge in [-0.1, -0.05) is 0 Å². The molecule has 1 aromatic rings. The van der Waals surface area contributed by atoms with E-state index in [2.05, 4.69) is 18.9 Å². The van der Waals surface area contributed by atoms with Crippen LogP contribution in [0.4, 0.5) is 11.5 Å². The number of aliphatic hydroxyl groups excluding tert-OH is 1. The molecule has 0 radical (unpaired) electrons. The summed E-state index contributed by atoms with van der Waals surface area (Å²) in [6.07, 6.45) is -0.546. The highest BCUT2D eigenvalue weighted by Crippen LogP contribution is 2.28. The van der Waals surface area contributed by atoms with Gasteiger partial charge >= 0.3 is 0 Å². The fourth-order valence-electron chi connectivity index (χ4n) is 1.94. The number of anilines is 2. The molecular formula is C12H24N4O2. The first-order chi connectivity index (χ1) is 8.38. The molecule has 6 heteroatoms. The molecule has 1 heterocycles. The number of ether oxygens (including phenoxy) is 1. The number of aromatic nitrogens is 2. The number of aliphatic hydroxyl groups is 1. The molecule has 18 heavy (non-hydrogen) atoms. The molecule has 0 saturated heterocycles. The van der Waals surface area contributed by atoms with Gasteiger partial charge in [0.05, 0.1) is 24.1 Å². The molecule has 1 atom stereocenters. The van der Waals surface area contributed by atoms with Crippen LogP contribution in [0.3, 0.4) is 0 Å². The summed E-state index contributed by atoms with van der Waals surface area (Å²) < 4.78 is 6.80. The third kappa shape index (κ3) is 3.14. The van der Waals surface area contributed by atoms with E-state index >= 15 is 0 Å². The maximum Gasteiger partial charge on any atom is 0.150 e. The first kappa shape index (κ1) is 14.8. The molecule has 0 bridgehead atoms. The molecule has 0 spiro atoms. The summed E-state index contributed by atoms with van der Waals surface area (Å²) in [4.78, 5) is 1.92. The molecule has 0 amide bonds. The van der Waals surface area contributed by atoms with Gasteiger partial charge in [-0.05, 0) is 20.8 Å². The van der Waals surface area contributed by atoms with Crippen LogP contribution in [0.15, 0.2) is 0 Å². The number of likely N-dealkylation sites (N-methyl/N-ethyl adjacent to an activating group) is 1. The number of methoxy groups -OCH3 is 1. The molecule has 1 unspecified atom stereocenters. The van der Waals surface area contributed by atoms with Gasteiger partial charge in [0.15, 0.2) is 5.82 Å². The Balaban J connectivity index is 2.93. The molecule has 0 fully saturated rings. The average Bonchev–Trinajstić information content (AvgIpc) is 2.56. The van der Waals surface area contributed by atoms with Crippen molar-refractivity contribution >= 4 is 11.5 Å². The van der Waals surface area contributed by atoms with Crippen LogP contribution in [0, 0.1) is 6.92 Å². The maximum atomic E-state index is 9.77. The zero-order chi connectivity index (χ0) is 13.9. The van der Waals surface area contributed by atoms with Gasteiger partial charge < -0.3 is 20.5 Å². The van der Waals surface area contributed by atoms with E-state index < -0.39 is 6.10 Å². The molecule has 0 saturated carbocycles. The molecular weight excluding hydrogens is 232 g/mol. The van der Waals surface area contributed by atoms with E-state index in [0.29, 0.717) is 18.8 Å². The number of aryl methyl sites for hydroxylation is 1. The number of hydrogen-bond acceptors (Lipinski definition) is 5. The van der Waals surface area contributed by atoms with Gasteiger partial charge in [0, 0.05) is 26.7 Å². The van der Waals surface area contributed by atoms with Crippen molar-refractivity contribution in [3.8, 4) is 0 Å². The summed E-state index contributed by atoms with van der Waals surface area (Å²) in [5.74, 6) is 0.845. The van der Waals surface area contributed by atoms with Crippen LogP contribution in [-0.4, -0.2) is 48.3 Å². The van der Waals surface area contributed by atoms with E-state index in [1.54, 1.807) is 7.11 Å². The molecule has 3 N–H and O–H groups in total. The predicted molar refractivity (Wildman–Crippen MR) is 72.9 cm³/mol. The molecule has 1 rings (SSSR count). The lowest BCUT2D eigenvalue weighted by Crippen LogP contribution is -2.33. The lowest BCUT2D eigenvalue weighted by atomic mass is 10.3. The standard InChI is InChI=1S/C12H24N4O2/c1-8(2)16-12(11(13)9(3)14-16)15(4)6-10(17)7-18-5/h8,10,17H,6-7,13H2,1-5H3. The second-order valence-corrected chi connectivity index (χ2v) is 4.85. The second kappa shape index (κ2) is 6.06. The van der Waals surface area contributed by atoms with E-state index in [0.717, 1.165) is 11.5 Å². The Labute approximate surface area is 108 Å². The number of nitrogen functional groups attached to an aromatic ring is 1. The zero-order valence-corrected chi connectivity index (χ0v) is 11.8. The Morgan fingerprint density at radius 1 is 1.50 bits per heavy atom. The van der Waals surface area contributed by atoms with Gasteiger partial charge in [0.2, 0.25) is 0 Å². The third-order valence-corrected chi connectivity index (χ3v) is 2.80. The Morgan fingerprint density at radius 2 is 2.11 bits per heavy atom.